The number of ether oxygens (including phenoxy) is 1. The number of oxime groups is 1. The molecule has 0 aromatic heterocycles. The number of nitrogens with one attached hydrogen (secondary N) is 1. The van der Waals surface area contributed by atoms with Crippen LogP contribution in [0.4, 0.5) is 0 Å². The van der Waals surface area contributed by atoms with Crippen LogP contribution in [0.2, 0.25) is 0 Å². The molecule has 4 aliphatic rings. The number of hydrogen-bond acceptors (Lipinski definition) is 9. The van der Waals surface area contributed by atoms with Gasteiger partial charge in [-0.2, -0.15) is 0 Å². The highest BCUT2D eigenvalue weighted by molar-refractivity contribution is 5.96. The molecule has 4 aliphatic carbocycles. The molecule has 1 aromatic carbocycles. The lowest BCUT2D eigenvalue weighted by atomic mass is 9.45. The van der Waals surface area contributed by atoms with Gasteiger partial charge in [-0.3, -0.25) is 9.59 Å². The fourth-order valence-corrected chi connectivity index (χ4v) is 8.96. The van der Waals surface area contributed by atoms with Gasteiger partial charge in [-0.1, -0.05) is 54.9 Å². The number of esters is 1. The van der Waals surface area contributed by atoms with E-state index in [1.165, 1.54) is 12.7 Å². The van der Waals surface area contributed by atoms with E-state index in [1.807, 2.05) is 43.3 Å². The monoisotopic (exact) mass is 596 g/mol. The maximum atomic E-state index is 12.6. The van der Waals surface area contributed by atoms with E-state index in [0.29, 0.717) is 32.1 Å². The summed E-state index contributed by atoms with van der Waals surface area (Å²) in [6.45, 7) is 3.08. The van der Waals surface area contributed by atoms with Crippen LogP contribution in [0.3, 0.4) is 0 Å². The van der Waals surface area contributed by atoms with Crippen LogP contribution >= 0.6 is 0 Å². The van der Waals surface area contributed by atoms with Crippen molar-refractivity contribution in [1.82, 2.24) is 5.32 Å². The smallest absolute Gasteiger partial charge is 0.328 e. The second kappa shape index (κ2) is 12.1. The van der Waals surface area contributed by atoms with Gasteiger partial charge in [0.15, 0.2) is 12.4 Å². The molecule has 10 heteroatoms. The Morgan fingerprint density at radius 2 is 1.86 bits per heavy atom. The number of nitrogens with zero attached hydrogens (tertiary/aromatic N) is 1. The highest BCUT2D eigenvalue weighted by Gasteiger charge is 2.68. The van der Waals surface area contributed by atoms with Crippen LogP contribution in [0.5, 0.6) is 0 Å². The van der Waals surface area contributed by atoms with Gasteiger partial charge in [-0.15, -0.1) is 0 Å². The third-order valence-electron chi connectivity index (χ3n) is 11.1. The summed E-state index contributed by atoms with van der Waals surface area (Å²) < 4.78 is 4.86. The van der Waals surface area contributed by atoms with Crippen molar-refractivity contribution in [3.8, 4) is 0 Å². The lowest BCUT2D eigenvalue weighted by molar-refractivity contribution is -0.181. The SMILES string of the molecule is COC(=O)[C@@H](Cc1ccccc1)NC(=O)CO/N=C1\C=C2CC[C@@H]3[C@H]([C@@H](O)C[C@@]4(C)[C@H]3CC[C@]4(O)C(=O)CO)[C@@]2(C)CC1. The van der Waals surface area contributed by atoms with Crippen LogP contribution in [0.15, 0.2) is 47.1 Å². The van der Waals surface area contributed by atoms with E-state index in [-0.39, 0.29) is 29.8 Å². The highest BCUT2D eigenvalue weighted by Crippen LogP contribution is 2.67. The Balaban J connectivity index is 1.23. The summed E-state index contributed by atoms with van der Waals surface area (Å²) in [7, 11) is 1.28. The first-order valence-corrected chi connectivity index (χ1v) is 15.3. The summed E-state index contributed by atoms with van der Waals surface area (Å²) in [5.41, 5.74) is 0.181. The van der Waals surface area contributed by atoms with Gasteiger partial charge in [0.1, 0.15) is 18.2 Å². The summed E-state index contributed by atoms with van der Waals surface area (Å²) in [4.78, 5) is 42.9. The molecule has 3 fully saturated rings. The van der Waals surface area contributed by atoms with Crippen molar-refractivity contribution in [3.63, 3.8) is 0 Å². The minimum atomic E-state index is -1.61. The molecular weight excluding hydrogens is 552 g/mol. The number of aliphatic hydroxyl groups excluding tert-OH is 2. The number of ketones is 1. The van der Waals surface area contributed by atoms with Gasteiger partial charge >= 0.3 is 5.97 Å². The van der Waals surface area contributed by atoms with Crippen molar-refractivity contribution in [2.45, 2.75) is 83.0 Å². The molecule has 0 aliphatic heterocycles. The number of Topliss-reactive ketones (excluding diaryl/α,β-unsaturated/α-hetero) is 1. The Kier molecular flexibility index (Phi) is 8.84. The average Bonchev–Trinajstić information content (AvgIpc) is 3.26. The Bertz CT molecular complexity index is 1300. The van der Waals surface area contributed by atoms with Crippen LogP contribution in [0.1, 0.15) is 64.4 Å². The standard InChI is InChI=1S/C33H44N2O8/c1-31-13-11-22(35-43-19-28(39)34-25(30(40)42-3)15-20-7-5-4-6-8-20)16-21(31)9-10-23-24-12-14-33(41,27(38)18-36)32(24,2)17-26(37)29(23)31/h4-8,16,23-26,29,36-37,41H,9-15,17-19H2,1-3H3,(H,34,39)/b35-22-/t23-,24-,25+,26-,29+,31-,32-,33-/m0/s1. The van der Waals surface area contributed by atoms with Gasteiger partial charge in [0, 0.05) is 11.8 Å². The van der Waals surface area contributed by atoms with Crippen molar-refractivity contribution < 1.29 is 39.3 Å². The van der Waals surface area contributed by atoms with Crippen molar-refractivity contribution in [2.24, 2.45) is 33.7 Å². The van der Waals surface area contributed by atoms with E-state index in [2.05, 4.69) is 17.4 Å². The lowest BCUT2D eigenvalue weighted by Gasteiger charge is -2.60. The van der Waals surface area contributed by atoms with Crippen LogP contribution < -0.4 is 5.32 Å². The normalized spacial score (nSPS) is 36.4. The average molecular weight is 597 g/mol. The molecule has 0 bridgehead atoms. The number of fused-ring (bicyclic) bond motifs is 5. The number of hydrogen-bond donors (Lipinski definition) is 4. The molecule has 3 saturated carbocycles. The topological polar surface area (TPSA) is 155 Å². The molecule has 43 heavy (non-hydrogen) atoms. The Labute approximate surface area is 252 Å². The summed E-state index contributed by atoms with van der Waals surface area (Å²) in [5, 5.41) is 39.4. The number of benzene rings is 1. The Morgan fingerprint density at radius 1 is 1.12 bits per heavy atom. The van der Waals surface area contributed by atoms with Gasteiger partial charge in [0.05, 0.1) is 18.9 Å². The van der Waals surface area contributed by atoms with Crippen molar-refractivity contribution in [2.75, 3.05) is 20.3 Å². The zero-order chi connectivity index (χ0) is 31.0. The second-order valence-electron chi connectivity index (χ2n) is 13.3. The predicted octanol–water partition coefficient (Wildman–Crippen LogP) is 2.49. The zero-order valence-electron chi connectivity index (χ0n) is 25.3. The molecule has 0 unspecified atom stereocenters. The zero-order valence-corrected chi connectivity index (χ0v) is 25.3. The molecule has 0 saturated heterocycles. The van der Waals surface area contributed by atoms with Gasteiger partial charge in [-0.05, 0) is 79.8 Å². The van der Waals surface area contributed by atoms with Crippen LogP contribution in [0, 0.1) is 28.6 Å². The summed E-state index contributed by atoms with van der Waals surface area (Å²) in [6.07, 6.45) is 6.00. The van der Waals surface area contributed by atoms with Crippen LogP contribution in [0.25, 0.3) is 0 Å². The molecule has 1 aromatic rings. The molecule has 5 rings (SSSR count). The fraction of sp³-hybridized carbons (Fsp3) is 0.636. The molecule has 4 N–H and O–H groups in total. The van der Waals surface area contributed by atoms with E-state index in [1.54, 1.807) is 0 Å². The van der Waals surface area contributed by atoms with E-state index in [4.69, 9.17) is 9.57 Å². The molecule has 0 spiro atoms. The molecule has 234 valence electrons. The number of carbonyl (C=O) groups excluding carboxylic acids is 3. The third kappa shape index (κ3) is 5.53. The Hall–Kier alpha value is -3.08. The number of allylic oxidation sites excluding steroid dienone is 2. The quantitative estimate of drug-likeness (QED) is 0.250. The van der Waals surface area contributed by atoms with Crippen LogP contribution in [-0.4, -0.2) is 76.8 Å². The van der Waals surface area contributed by atoms with E-state index < -0.39 is 47.4 Å². The van der Waals surface area contributed by atoms with E-state index in [9.17, 15) is 29.7 Å². The highest BCUT2D eigenvalue weighted by atomic mass is 16.6. The summed E-state index contributed by atoms with van der Waals surface area (Å²) in [6, 6.07) is 8.51. The molecule has 8 atom stereocenters. The number of rotatable bonds is 9. The maximum absolute atomic E-state index is 12.6. The van der Waals surface area contributed by atoms with Gasteiger partial charge in [0.25, 0.3) is 5.91 Å². The number of amides is 1. The molecule has 0 heterocycles. The molecule has 10 nitrogen and oxygen atoms in total. The minimum absolute atomic E-state index is 0.00901. The fourth-order valence-electron chi connectivity index (χ4n) is 8.96. The predicted molar refractivity (Wildman–Crippen MR) is 158 cm³/mol. The summed E-state index contributed by atoms with van der Waals surface area (Å²) in [5.74, 6) is -1.32. The van der Waals surface area contributed by atoms with Crippen molar-refractivity contribution in [3.05, 3.63) is 47.5 Å². The van der Waals surface area contributed by atoms with Crippen molar-refractivity contribution >= 4 is 23.4 Å². The number of aliphatic hydroxyl groups is 3. The van der Waals surface area contributed by atoms with Gasteiger partial charge in [-0.25, -0.2) is 4.79 Å². The first-order chi connectivity index (χ1) is 20.5. The first kappa shape index (κ1) is 31.3. The molecule has 1 amide bonds. The number of methoxy groups -OCH3 is 1. The van der Waals surface area contributed by atoms with Crippen LogP contribution in [-0.2, 0) is 30.4 Å². The van der Waals surface area contributed by atoms with Crippen molar-refractivity contribution in [1.29, 1.82) is 0 Å². The van der Waals surface area contributed by atoms with E-state index >= 15 is 0 Å². The Morgan fingerprint density at radius 3 is 2.56 bits per heavy atom. The molecular formula is C33H44N2O8. The molecule has 0 radical (unpaired) electrons. The summed E-state index contributed by atoms with van der Waals surface area (Å²) >= 11 is 0. The first-order valence-electron chi connectivity index (χ1n) is 15.3. The van der Waals surface area contributed by atoms with Gasteiger partial charge in [0.2, 0.25) is 0 Å². The van der Waals surface area contributed by atoms with E-state index in [0.717, 1.165) is 30.5 Å². The second-order valence-corrected chi connectivity index (χ2v) is 13.3. The van der Waals surface area contributed by atoms with Gasteiger partial charge < -0.3 is 30.2 Å². The maximum Gasteiger partial charge on any atom is 0.328 e. The number of carbonyl (C=O) groups is 3. The largest absolute Gasteiger partial charge is 0.467 e. The third-order valence-corrected chi connectivity index (χ3v) is 11.1. The lowest BCUT2D eigenvalue weighted by Crippen LogP contribution is -2.62. The minimum Gasteiger partial charge on any atom is -0.467 e.